The van der Waals surface area contributed by atoms with Crippen molar-refractivity contribution in [2.24, 2.45) is 5.92 Å². The molecule has 0 amide bonds. The molecule has 2 aliphatic rings. The summed E-state index contributed by atoms with van der Waals surface area (Å²) in [7, 11) is 0. The van der Waals surface area contributed by atoms with Crippen LogP contribution in [0.2, 0.25) is 0 Å². The third kappa shape index (κ3) is 2.75. The predicted molar refractivity (Wildman–Crippen MR) is 74.9 cm³/mol. The van der Waals surface area contributed by atoms with Crippen LogP contribution in [0.4, 0.5) is 11.5 Å². The molecule has 1 saturated carbocycles. The minimum Gasteiger partial charge on any atom is -0.381 e. The summed E-state index contributed by atoms with van der Waals surface area (Å²) < 4.78 is 5.43. The van der Waals surface area contributed by atoms with Crippen molar-refractivity contribution in [2.45, 2.75) is 32.2 Å². The minimum absolute atomic E-state index is 0.0914. The summed E-state index contributed by atoms with van der Waals surface area (Å²) in [5.41, 5.74) is 0.578. The van der Waals surface area contributed by atoms with Gasteiger partial charge in [0.05, 0.1) is 11.5 Å². The average molecular weight is 277 g/mol. The van der Waals surface area contributed by atoms with Crippen molar-refractivity contribution in [3.8, 4) is 0 Å². The topological polar surface area (TPSA) is 68.5 Å². The van der Waals surface area contributed by atoms with E-state index < -0.39 is 0 Å². The molecule has 2 heterocycles. The molecule has 1 aliphatic carbocycles. The quantitative estimate of drug-likeness (QED) is 0.610. The maximum Gasteiger partial charge on any atom is 0.290 e. The van der Waals surface area contributed by atoms with Gasteiger partial charge < -0.3 is 9.64 Å². The summed E-state index contributed by atoms with van der Waals surface area (Å²) >= 11 is 0. The van der Waals surface area contributed by atoms with E-state index in [0.717, 1.165) is 32.0 Å². The highest BCUT2D eigenvalue weighted by atomic mass is 16.6. The molecule has 1 saturated heterocycles. The van der Waals surface area contributed by atoms with Crippen molar-refractivity contribution in [1.29, 1.82) is 0 Å². The van der Waals surface area contributed by atoms with Crippen LogP contribution in [0.15, 0.2) is 12.1 Å². The maximum atomic E-state index is 10.9. The normalized spacial score (nSPS) is 21.9. The van der Waals surface area contributed by atoms with Crippen molar-refractivity contribution in [3.05, 3.63) is 27.9 Å². The zero-order valence-corrected chi connectivity index (χ0v) is 11.6. The Kier molecular flexibility index (Phi) is 3.56. The fourth-order valence-corrected chi connectivity index (χ4v) is 2.71. The van der Waals surface area contributed by atoms with E-state index in [2.05, 4.69) is 9.88 Å². The molecular weight excluding hydrogens is 258 g/mol. The van der Waals surface area contributed by atoms with Gasteiger partial charge in [-0.25, -0.2) is 4.98 Å². The van der Waals surface area contributed by atoms with E-state index in [4.69, 9.17) is 4.74 Å². The Morgan fingerprint density at radius 1 is 1.45 bits per heavy atom. The average Bonchev–Trinajstić information content (AvgIpc) is 3.12. The van der Waals surface area contributed by atoms with Gasteiger partial charge in [0.1, 0.15) is 11.5 Å². The molecule has 0 radical (unpaired) electrons. The van der Waals surface area contributed by atoms with Crippen LogP contribution in [0.5, 0.6) is 0 Å². The fraction of sp³-hybridized carbons (Fsp3) is 0.643. The molecule has 0 unspecified atom stereocenters. The van der Waals surface area contributed by atoms with Crippen LogP contribution in [0.25, 0.3) is 0 Å². The van der Waals surface area contributed by atoms with Gasteiger partial charge in [-0.05, 0) is 32.3 Å². The van der Waals surface area contributed by atoms with Crippen molar-refractivity contribution < 1.29 is 9.66 Å². The Morgan fingerprint density at radius 3 is 2.80 bits per heavy atom. The van der Waals surface area contributed by atoms with Gasteiger partial charge in [0, 0.05) is 31.2 Å². The standard InChI is InChI=1S/C14H19N3O3/c1-10-13(17(18)19)4-5-14(15-10)16(12-2-3-12)8-11-6-7-20-9-11/h4-5,11-12H,2-3,6-9H2,1H3/t11-/m1/s1. The van der Waals surface area contributed by atoms with Gasteiger partial charge in [-0.2, -0.15) is 0 Å². The molecule has 0 N–H and O–H groups in total. The van der Waals surface area contributed by atoms with Crippen LogP contribution in [-0.4, -0.2) is 35.7 Å². The maximum absolute atomic E-state index is 10.9. The van der Waals surface area contributed by atoms with E-state index in [-0.39, 0.29) is 10.6 Å². The molecule has 3 rings (SSSR count). The molecule has 0 spiro atoms. The molecule has 0 bridgehead atoms. The highest BCUT2D eigenvalue weighted by molar-refractivity contribution is 5.48. The smallest absolute Gasteiger partial charge is 0.290 e. The van der Waals surface area contributed by atoms with Gasteiger partial charge in [0.2, 0.25) is 0 Å². The Bertz CT molecular complexity index is 510. The minimum atomic E-state index is -0.377. The molecular formula is C14H19N3O3. The van der Waals surface area contributed by atoms with E-state index in [1.807, 2.05) is 0 Å². The summed E-state index contributed by atoms with van der Waals surface area (Å²) in [6.07, 6.45) is 3.46. The number of aromatic nitrogens is 1. The Balaban J connectivity index is 1.80. The predicted octanol–water partition coefficient (Wildman–Crippen LogP) is 2.30. The van der Waals surface area contributed by atoms with Crippen LogP contribution in [-0.2, 0) is 4.74 Å². The van der Waals surface area contributed by atoms with Crippen LogP contribution >= 0.6 is 0 Å². The largest absolute Gasteiger partial charge is 0.381 e. The molecule has 2 fully saturated rings. The van der Waals surface area contributed by atoms with Crippen LogP contribution in [0.1, 0.15) is 25.0 Å². The first-order valence-corrected chi connectivity index (χ1v) is 7.11. The van der Waals surface area contributed by atoms with Crippen LogP contribution < -0.4 is 4.90 Å². The zero-order valence-electron chi connectivity index (χ0n) is 11.6. The van der Waals surface area contributed by atoms with Crippen molar-refractivity contribution in [3.63, 3.8) is 0 Å². The van der Waals surface area contributed by atoms with E-state index in [1.165, 1.54) is 12.8 Å². The van der Waals surface area contributed by atoms with Gasteiger partial charge in [0.15, 0.2) is 0 Å². The zero-order chi connectivity index (χ0) is 14.1. The third-order valence-electron chi connectivity index (χ3n) is 4.00. The number of pyridine rings is 1. The second kappa shape index (κ2) is 5.36. The highest BCUT2D eigenvalue weighted by Gasteiger charge is 2.33. The molecule has 1 aromatic heterocycles. The Labute approximate surface area is 117 Å². The van der Waals surface area contributed by atoms with Crippen LogP contribution in [0, 0.1) is 23.0 Å². The number of hydrogen-bond acceptors (Lipinski definition) is 5. The molecule has 108 valence electrons. The second-order valence-electron chi connectivity index (χ2n) is 5.64. The molecule has 6 heteroatoms. The molecule has 1 aliphatic heterocycles. The molecule has 6 nitrogen and oxygen atoms in total. The molecule has 0 aromatic carbocycles. The van der Waals surface area contributed by atoms with Gasteiger partial charge >= 0.3 is 0 Å². The number of ether oxygens (including phenoxy) is 1. The summed E-state index contributed by atoms with van der Waals surface area (Å²) in [5.74, 6) is 1.41. The molecule has 20 heavy (non-hydrogen) atoms. The van der Waals surface area contributed by atoms with Crippen molar-refractivity contribution in [1.82, 2.24) is 4.98 Å². The number of rotatable bonds is 5. The number of nitro groups is 1. The first-order valence-electron chi connectivity index (χ1n) is 7.11. The lowest BCUT2D eigenvalue weighted by molar-refractivity contribution is -0.385. The Hall–Kier alpha value is -1.69. The highest BCUT2D eigenvalue weighted by Crippen LogP contribution is 2.33. The third-order valence-corrected chi connectivity index (χ3v) is 4.00. The SMILES string of the molecule is Cc1nc(N(C[C@H]2CCOC2)C2CC2)ccc1[N+](=O)[O-]. The lowest BCUT2D eigenvalue weighted by Crippen LogP contribution is -2.32. The van der Waals surface area contributed by atoms with Gasteiger partial charge in [-0.3, -0.25) is 10.1 Å². The van der Waals surface area contributed by atoms with E-state index in [1.54, 1.807) is 19.1 Å². The lowest BCUT2D eigenvalue weighted by Gasteiger charge is -2.26. The van der Waals surface area contributed by atoms with Gasteiger partial charge in [0.25, 0.3) is 5.69 Å². The molecule has 1 aromatic rings. The van der Waals surface area contributed by atoms with Crippen molar-refractivity contribution in [2.75, 3.05) is 24.7 Å². The van der Waals surface area contributed by atoms with Gasteiger partial charge in [-0.15, -0.1) is 0 Å². The van der Waals surface area contributed by atoms with Crippen molar-refractivity contribution >= 4 is 11.5 Å². The summed E-state index contributed by atoms with van der Waals surface area (Å²) in [4.78, 5) is 17.2. The molecule has 1 atom stereocenters. The van der Waals surface area contributed by atoms with E-state index >= 15 is 0 Å². The fourth-order valence-electron chi connectivity index (χ4n) is 2.71. The first kappa shape index (κ1) is 13.3. The summed E-state index contributed by atoms with van der Waals surface area (Å²) in [5, 5.41) is 10.9. The summed E-state index contributed by atoms with van der Waals surface area (Å²) in [6, 6.07) is 3.89. The first-order chi connectivity index (χ1) is 9.65. The Morgan fingerprint density at radius 2 is 2.25 bits per heavy atom. The van der Waals surface area contributed by atoms with E-state index in [9.17, 15) is 10.1 Å². The van der Waals surface area contributed by atoms with Gasteiger partial charge in [-0.1, -0.05) is 0 Å². The summed E-state index contributed by atoms with van der Waals surface area (Å²) in [6.45, 7) is 4.30. The number of aryl methyl sites for hydroxylation is 1. The number of hydrogen-bond donors (Lipinski definition) is 0. The monoisotopic (exact) mass is 277 g/mol. The number of nitrogens with zero attached hydrogens (tertiary/aromatic N) is 3. The lowest BCUT2D eigenvalue weighted by atomic mass is 10.1. The van der Waals surface area contributed by atoms with Crippen LogP contribution in [0.3, 0.4) is 0 Å². The van der Waals surface area contributed by atoms with E-state index in [0.29, 0.717) is 17.7 Å². The second-order valence-corrected chi connectivity index (χ2v) is 5.64. The number of anilines is 1.